The molecule has 2 aromatic rings. The summed E-state index contributed by atoms with van der Waals surface area (Å²) in [6, 6.07) is 9.81. The van der Waals surface area contributed by atoms with Gasteiger partial charge in [0.25, 0.3) is 5.91 Å². The van der Waals surface area contributed by atoms with Crippen LogP contribution >= 0.6 is 0 Å². The Kier molecular flexibility index (Phi) is 8.12. The Morgan fingerprint density at radius 1 is 1.12 bits per heavy atom. The second-order valence-electron chi connectivity index (χ2n) is 8.70. The van der Waals surface area contributed by atoms with Crippen LogP contribution in [0.15, 0.2) is 41.0 Å². The first-order valence-corrected chi connectivity index (χ1v) is 11.9. The van der Waals surface area contributed by atoms with Gasteiger partial charge in [0.2, 0.25) is 11.8 Å². The molecule has 1 aromatic heterocycles. The van der Waals surface area contributed by atoms with E-state index in [4.69, 9.17) is 13.9 Å². The quantitative estimate of drug-likeness (QED) is 0.591. The molecular formula is C25H33N3O5. The van der Waals surface area contributed by atoms with E-state index in [-0.39, 0.29) is 42.2 Å². The number of nitrogens with zero attached hydrogens (tertiary/aromatic N) is 2. The van der Waals surface area contributed by atoms with Crippen LogP contribution in [-0.2, 0) is 20.8 Å². The summed E-state index contributed by atoms with van der Waals surface area (Å²) in [5.41, 5.74) is 1.20. The molecular weight excluding hydrogens is 422 g/mol. The molecule has 3 atom stereocenters. The lowest BCUT2D eigenvalue weighted by Crippen LogP contribution is -2.39. The molecule has 8 nitrogen and oxygen atoms in total. The third kappa shape index (κ3) is 6.21. The minimum atomic E-state index is -0.298. The van der Waals surface area contributed by atoms with Crippen LogP contribution in [0.1, 0.15) is 66.9 Å². The molecule has 2 aliphatic rings. The lowest BCUT2D eigenvalue weighted by molar-refractivity contribution is -0.135. The van der Waals surface area contributed by atoms with Crippen LogP contribution < -0.4 is 5.32 Å². The van der Waals surface area contributed by atoms with E-state index in [0.717, 1.165) is 44.5 Å². The van der Waals surface area contributed by atoms with Crippen molar-refractivity contribution < 1.29 is 23.5 Å². The van der Waals surface area contributed by atoms with Crippen molar-refractivity contribution in [2.75, 3.05) is 26.3 Å². The van der Waals surface area contributed by atoms with E-state index in [1.54, 1.807) is 4.90 Å². The number of aromatic nitrogens is 1. The Bertz CT molecular complexity index is 904. The second-order valence-corrected chi connectivity index (χ2v) is 8.70. The van der Waals surface area contributed by atoms with Crippen molar-refractivity contribution in [1.82, 2.24) is 15.2 Å². The molecule has 0 saturated carbocycles. The van der Waals surface area contributed by atoms with Gasteiger partial charge in [-0.15, -0.1) is 0 Å². The van der Waals surface area contributed by atoms with Crippen molar-refractivity contribution >= 4 is 11.8 Å². The average Bonchev–Trinajstić information content (AvgIpc) is 3.61. The number of benzene rings is 1. The highest BCUT2D eigenvalue weighted by Crippen LogP contribution is 2.25. The number of carbonyl (C=O) groups is 2. The minimum Gasteiger partial charge on any atom is -0.446 e. The molecule has 178 valence electrons. The second kappa shape index (κ2) is 11.4. The standard InChI is InChI=1S/C25H33N3O5/c1-2-21(18-8-4-3-5-9-18)25(30)28(15-20-11-7-13-32-20)16-23-27-22(17-33-23)24(29)26-14-19-10-6-12-31-19/h3-5,8-9,17,19-21H,2,6-7,10-16H2,1H3,(H,26,29). The third-order valence-corrected chi connectivity index (χ3v) is 6.29. The van der Waals surface area contributed by atoms with Gasteiger partial charge in [-0.25, -0.2) is 4.98 Å². The van der Waals surface area contributed by atoms with Crippen molar-refractivity contribution in [2.45, 2.75) is 63.7 Å². The van der Waals surface area contributed by atoms with Gasteiger partial charge in [0.15, 0.2) is 5.69 Å². The molecule has 1 aromatic carbocycles. The lowest BCUT2D eigenvalue weighted by Gasteiger charge is -2.28. The van der Waals surface area contributed by atoms with Gasteiger partial charge in [0.05, 0.1) is 24.7 Å². The van der Waals surface area contributed by atoms with Gasteiger partial charge in [-0.1, -0.05) is 37.3 Å². The average molecular weight is 456 g/mol. The van der Waals surface area contributed by atoms with Gasteiger partial charge < -0.3 is 24.1 Å². The summed E-state index contributed by atoms with van der Waals surface area (Å²) in [4.78, 5) is 32.1. The van der Waals surface area contributed by atoms with Gasteiger partial charge in [-0.3, -0.25) is 9.59 Å². The van der Waals surface area contributed by atoms with Gasteiger partial charge in [-0.05, 0) is 37.7 Å². The Morgan fingerprint density at radius 3 is 2.52 bits per heavy atom. The van der Waals surface area contributed by atoms with Crippen LogP contribution in [0.25, 0.3) is 0 Å². The van der Waals surface area contributed by atoms with Gasteiger partial charge in [0, 0.05) is 26.3 Å². The number of carbonyl (C=O) groups excluding carboxylic acids is 2. The number of hydrogen-bond acceptors (Lipinski definition) is 6. The molecule has 2 aliphatic heterocycles. The molecule has 2 saturated heterocycles. The number of ether oxygens (including phenoxy) is 2. The van der Waals surface area contributed by atoms with E-state index < -0.39 is 0 Å². The van der Waals surface area contributed by atoms with Gasteiger partial charge in [-0.2, -0.15) is 0 Å². The highest BCUT2D eigenvalue weighted by Gasteiger charge is 2.29. The maximum Gasteiger partial charge on any atom is 0.273 e. The molecule has 33 heavy (non-hydrogen) atoms. The van der Waals surface area contributed by atoms with E-state index in [9.17, 15) is 9.59 Å². The fourth-order valence-corrected chi connectivity index (χ4v) is 4.48. The summed E-state index contributed by atoms with van der Waals surface area (Å²) in [7, 11) is 0. The van der Waals surface area contributed by atoms with Crippen LogP contribution in [0.3, 0.4) is 0 Å². The van der Waals surface area contributed by atoms with Crippen molar-refractivity contribution in [1.29, 1.82) is 0 Å². The van der Waals surface area contributed by atoms with Crippen LogP contribution in [-0.4, -0.2) is 60.2 Å². The van der Waals surface area contributed by atoms with Crippen molar-refractivity contribution in [2.24, 2.45) is 0 Å². The molecule has 0 spiro atoms. The predicted octanol–water partition coefficient (Wildman–Crippen LogP) is 3.28. The number of rotatable bonds is 10. The largest absolute Gasteiger partial charge is 0.446 e. The highest BCUT2D eigenvalue weighted by atomic mass is 16.5. The SMILES string of the molecule is CCC(C(=O)N(Cc1nc(C(=O)NCC2CCCO2)co1)CC1CCCO1)c1ccccc1. The molecule has 3 unspecified atom stereocenters. The Labute approximate surface area is 194 Å². The topological polar surface area (TPSA) is 93.9 Å². The zero-order chi connectivity index (χ0) is 23.0. The maximum atomic E-state index is 13.6. The summed E-state index contributed by atoms with van der Waals surface area (Å²) >= 11 is 0. The van der Waals surface area contributed by atoms with E-state index in [0.29, 0.717) is 25.4 Å². The fourth-order valence-electron chi connectivity index (χ4n) is 4.48. The van der Waals surface area contributed by atoms with Crippen LogP contribution in [0.2, 0.25) is 0 Å². The summed E-state index contributed by atoms with van der Waals surface area (Å²) in [5, 5.41) is 2.85. The van der Waals surface area contributed by atoms with Crippen molar-refractivity contribution in [3.8, 4) is 0 Å². The minimum absolute atomic E-state index is 0.00590. The smallest absolute Gasteiger partial charge is 0.273 e. The fraction of sp³-hybridized carbons (Fsp3) is 0.560. The number of amides is 2. The van der Waals surface area contributed by atoms with E-state index in [1.165, 1.54) is 6.26 Å². The van der Waals surface area contributed by atoms with Crippen molar-refractivity contribution in [3.63, 3.8) is 0 Å². The Balaban J connectivity index is 1.43. The molecule has 3 heterocycles. The molecule has 2 amide bonds. The first kappa shape index (κ1) is 23.4. The van der Waals surface area contributed by atoms with Gasteiger partial charge >= 0.3 is 0 Å². The monoisotopic (exact) mass is 455 g/mol. The maximum absolute atomic E-state index is 13.6. The molecule has 2 fully saturated rings. The third-order valence-electron chi connectivity index (χ3n) is 6.29. The highest BCUT2D eigenvalue weighted by molar-refractivity contribution is 5.91. The predicted molar refractivity (Wildman–Crippen MR) is 122 cm³/mol. The molecule has 8 heteroatoms. The molecule has 0 aliphatic carbocycles. The summed E-state index contributed by atoms with van der Waals surface area (Å²) in [5.74, 6) is -0.196. The molecule has 1 N–H and O–H groups in total. The van der Waals surface area contributed by atoms with Crippen LogP contribution in [0.4, 0.5) is 0 Å². The number of nitrogens with one attached hydrogen (secondary N) is 1. The van der Waals surface area contributed by atoms with Gasteiger partial charge in [0.1, 0.15) is 6.26 Å². The molecule has 4 rings (SSSR count). The summed E-state index contributed by atoms with van der Waals surface area (Å²) in [6.07, 6.45) is 5.99. The van der Waals surface area contributed by atoms with Crippen molar-refractivity contribution in [3.05, 3.63) is 53.7 Å². The van der Waals surface area contributed by atoms with E-state index >= 15 is 0 Å². The first-order chi connectivity index (χ1) is 16.1. The van der Waals surface area contributed by atoms with E-state index in [2.05, 4.69) is 10.3 Å². The first-order valence-electron chi connectivity index (χ1n) is 11.9. The lowest BCUT2D eigenvalue weighted by atomic mass is 9.95. The van der Waals surface area contributed by atoms with Crippen LogP contribution in [0.5, 0.6) is 0 Å². The number of oxazole rings is 1. The zero-order valence-electron chi connectivity index (χ0n) is 19.2. The Morgan fingerprint density at radius 2 is 1.85 bits per heavy atom. The Hall–Kier alpha value is -2.71. The van der Waals surface area contributed by atoms with E-state index in [1.807, 2.05) is 37.3 Å². The molecule has 0 radical (unpaired) electrons. The summed E-state index contributed by atoms with van der Waals surface area (Å²) in [6.45, 7) is 4.61. The zero-order valence-corrected chi connectivity index (χ0v) is 19.2. The van der Waals surface area contributed by atoms with Crippen LogP contribution in [0, 0.1) is 0 Å². The molecule has 0 bridgehead atoms. The normalized spacial score (nSPS) is 21.1. The number of hydrogen-bond donors (Lipinski definition) is 1. The summed E-state index contributed by atoms with van der Waals surface area (Å²) < 4.78 is 16.9.